The average Bonchev–Trinajstić information content (AvgIpc) is 2.19. The molecule has 0 bridgehead atoms. The van der Waals surface area contributed by atoms with E-state index in [4.69, 9.17) is 4.74 Å². The standard InChI is InChI=1S/C11H13F3O3/c1-3-17-8-6-4-5-7(9(8)15)10(2,16)11(12,13)14/h4-6,15-16H,3H2,1-2H3. The molecule has 0 aromatic heterocycles. The molecule has 0 saturated heterocycles. The van der Waals surface area contributed by atoms with Gasteiger partial charge in [-0.15, -0.1) is 0 Å². The van der Waals surface area contributed by atoms with Gasteiger partial charge in [-0.2, -0.15) is 13.2 Å². The molecule has 0 aliphatic heterocycles. The number of rotatable bonds is 3. The van der Waals surface area contributed by atoms with E-state index in [9.17, 15) is 23.4 Å². The van der Waals surface area contributed by atoms with Gasteiger partial charge in [0.1, 0.15) is 0 Å². The van der Waals surface area contributed by atoms with Crippen LogP contribution in [0.25, 0.3) is 0 Å². The lowest BCUT2D eigenvalue weighted by molar-refractivity contribution is -0.259. The van der Waals surface area contributed by atoms with Crippen LogP contribution < -0.4 is 4.74 Å². The van der Waals surface area contributed by atoms with Crippen LogP contribution in [0, 0.1) is 0 Å². The molecule has 1 aromatic rings. The Labute approximate surface area is 96.5 Å². The van der Waals surface area contributed by atoms with Crippen LogP contribution in [0.4, 0.5) is 13.2 Å². The summed E-state index contributed by atoms with van der Waals surface area (Å²) in [7, 11) is 0. The molecule has 0 aliphatic rings. The van der Waals surface area contributed by atoms with Crippen LogP contribution in [-0.2, 0) is 5.60 Å². The number of phenols is 1. The molecule has 1 aromatic carbocycles. The molecule has 0 spiro atoms. The SMILES string of the molecule is CCOc1cccc(C(C)(O)C(F)(F)F)c1O. The highest BCUT2D eigenvalue weighted by molar-refractivity contribution is 5.48. The van der Waals surface area contributed by atoms with Crippen molar-refractivity contribution in [1.82, 2.24) is 0 Å². The summed E-state index contributed by atoms with van der Waals surface area (Å²) in [4.78, 5) is 0. The van der Waals surface area contributed by atoms with Gasteiger partial charge in [0, 0.05) is 5.56 Å². The molecule has 2 N–H and O–H groups in total. The van der Waals surface area contributed by atoms with Gasteiger partial charge >= 0.3 is 6.18 Å². The number of aromatic hydroxyl groups is 1. The number of phenolic OH excluding ortho intramolecular Hbond substituents is 1. The molecule has 1 unspecified atom stereocenters. The van der Waals surface area contributed by atoms with Crippen molar-refractivity contribution in [3.8, 4) is 11.5 Å². The lowest BCUT2D eigenvalue weighted by atomic mass is 9.94. The first kappa shape index (κ1) is 13.6. The minimum Gasteiger partial charge on any atom is -0.504 e. The van der Waals surface area contributed by atoms with E-state index in [1.165, 1.54) is 12.1 Å². The smallest absolute Gasteiger partial charge is 0.421 e. The lowest BCUT2D eigenvalue weighted by Gasteiger charge is -2.27. The van der Waals surface area contributed by atoms with Crippen LogP contribution in [0.5, 0.6) is 11.5 Å². The van der Waals surface area contributed by atoms with E-state index in [-0.39, 0.29) is 12.4 Å². The second kappa shape index (κ2) is 4.44. The van der Waals surface area contributed by atoms with Crippen molar-refractivity contribution in [2.24, 2.45) is 0 Å². The summed E-state index contributed by atoms with van der Waals surface area (Å²) < 4.78 is 42.8. The maximum atomic E-state index is 12.6. The number of para-hydroxylation sites is 1. The van der Waals surface area contributed by atoms with Gasteiger partial charge in [0.2, 0.25) is 0 Å². The summed E-state index contributed by atoms with van der Waals surface area (Å²) in [5, 5.41) is 19.1. The molecule has 0 amide bonds. The number of aliphatic hydroxyl groups is 1. The molecule has 6 heteroatoms. The van der Waals surface area contributed by atoms with Crippen LogP contribution >= 0.6 is 0 Å². The highest BCUT2D eigenvalue weighted by Gasteiger charge is 2.52. The van der Waals surface area contributed by atoms with Crippen molar-refractivity contribution < 1.29 is 28.1 Å². The Balaban J connectivity index is 3.28. The Morgan fingerprint density at radius 2 is 1.88 bits per heavy atom. The number of alkyl halides is 3. The first-order valence-corrected chi connectivity index (χ1v) is 4.96. The third-order valence-electron chi connectivity index (χ3n) is 2.38. The maximum absolute atomic E-state index is 12.6. The minimum absolute atomic E-state index is 0.0884. The largest absolute Gasteiger partial charge is 0.504 e. The Morgan fingerprint density at radius 1 is 1.29 bits per heavy atom. The molecule has 0 radical (unpaired) electrons. The van der Waals surface area contributed by atoms with Gasteiger partial charge in [-0.3, -0.25) is 0 Å². The van der Waals surface area contributed by atoms with E-state index in [2.05, 4.69) is 0 Å². The Hall–Kier alpha value is -1.43. The fourth-order valence-electron chi connectivity index (χ4n) is 1.34. The highest BCUT2D eigenvalue weighted by Crippen LogP contribution is 2.44. The minimum atomic E-state index is -4.88. The van der Waals surface area contributed by atoms with E-state index < -0.39 is 23.1 Å². The molecular weight excluding hydrogens is 237 g/mol. The topological polar surface area (TPSA) is 49.7 Å². The van der Waals surface area contributed by atoms with Crippen molar-refractivity contribution in [2.45, 2.75) is 25.6 Å². The molecule has 0 saturated carbocycles. The molecule has 3 nitrogen and oxygen atoms in total. The lowest BCUT2D eigenvalue weighted by Crippen LogP contribution is -2.39. The van der Waals surface area contributed by atoms with E-state index in [0.29, 0.717) is 6.92 Å². The predicted octanol–water partition coefficient (Wildman–Crippen LogP) is 2.56. The van der Waals surface area contributed by atoms with E-state index in [1.54, 1.807) is 6.92 Å². The van der Waals surface area contributed by atoms with E-state index >= 15 is 0 Å². The quantitative estimate of drug-likeness (QED) is 0.866. The van der Waals surface area contributed by atoms with Crippen LogP contribution in [0.15, 0.2) is 18.2 Å². The summed E-state index contributed by atoms with van der Waals surface area (Å²) in [5.74, 6) is -0.786. The summed E-state index contributed by atoms with van der Waals surface area (Å²) in [6, 6.07) is 3.61. The van der Waals surface area contributed by atoms with Gasteiger partial charge in [-0.25, -0.2) is 0 Å². The highest BCUT2D eigenvalue weighted by atomic mass is 19.4. The van der Waals surface area contributed by atoms with Gasteiger partial charge in [-0.1, -0.05) is 12.1 Å². The summed E-state index contributed by atoms with van der Waals surface area (Å²) in [6.07, 6.45) is -4.88. The first-order chi connectivity index (χ1) is 7.71. The van der Waals surface area contributed by atoms with Crippen molar-refractivity contribution in [3.63, 3.8) is 0 Å². The van der Waals surface area contributed by atoms with Gasteiger partial charge in [-0.05, 0) is 19.9 Å². The normalized spacial score (nSPS) is 15.4. The zero-order valence-corrected chi connectivity index (χ0v) is 9.38. The number of hydrogen-bond donors (Lipinski definition) is 2. The molecule has 0 aliphatic carbocycles. The second-order valence-corrected chi connectivity index (χ2v) is 3.66. The van der Waals surface area contributed by atoms with Crippen molar-refractivity contribution in [3.05, 3.63) is 23.8 Å². The molecule has 0 fully saturated rings. The predicted molar refractivity (Wildman–Crippen MR) is 54.9 cm³/mol. The average molecular weight is 250 g/mol. The van der Waals surface area contributed by atoms with Gasteiger partial charge in [0.15, 0.2) is 17.1 Å². The zero-order valence-electron chi connectivity index (χ0n) is 9.38. The Morgan fingerprint density at radius 3 is 2.35 bits per heavy atom. The van der Waals surface area contributed by atoms with Crippen molar-refractivity contribution in [1.29, 1.82) is 0 Å². The Kier molecular flexibility index (Phi) is 3.56. The summed E-state index contributed by atoms with van der Waals surface area (Å²) in [6.45, 7) is 2.41. The van der Waals surface area contributed by atoms with Gasteiger partial charge in [0.25, 0.3) is 0 Å². The van der Waals surface area contributed by atoms with Gasteiger partial charge in [0.05, 0.1) is 6.61 Å². The third kappa shape index (κ3) is 2.46. The zero-order chi connectivity index (χ0) is 13.3. The van der Waals surface area contributed by atoms with Gasteiger partial charge < -0.3 is 14.9 Å². The fraction of sp³-hybridized carbons (Fsp3) is 0.455. The Bertz CT molecular complexity index is 399. The number of hydrogen-bond acceptors (Lipinski definition) is 3. The number of halogens is 3. The van der Waals surface area contributed by atoms with Crippen LogP contribution in [0.3, 0.4) is 0 Å². The third-order valence-corrected chi connectivity index (χ3v) is 2.38. The van der Waals surface area contributed by atoms with E-state index in [0.717, 1.165) is 6.07 Å². The number of ether oxygens (including phenoxy) is 1. The molecule has 1 rings (SSSR count). The van der Waals surface area contributed by atoms with Crippen LogP contribution in [-0.4, -0.2) is 23.0 Å². The van der Waals surface area contributed by atoms with Crippen LogP contribution in [0.2, 0.25) is 0 Å². The summed E-state index contributed by atoms with van der Waals surface area (Å²) >= 11 is 0. The molecule has 1 atom stereocenters. The molecule has 96 valence electrons. The van der Waals surface area contributed by atoms with Crippen molar-refractivity contribution >= 4 is 0 Å². The number of benzene rings is 1. The molecular formula is C11H13F3O3. The monoisotopic (exact) mass is 250 g/mol. The van der Waals surface area contributed by atoms with E-state index in [1.807, 2.05) is 0 Å². The molecule has 17 heavy (non-hydrogen) atoms. The summed E-state index contributed by atoms with van der Waals surface area (Å²) in [5.41, 5.74) is -3.75. The molecule has 0 heterocycles. The fourth-order valence-corrected chi connectivity index (χ4v) is 1.34. The van der Waals surface area contributed by atoms with Crippen LogP contribution in [0.1, 0.15) is 19.4 Å². The van der Waals surface area contributed by atoms with Crippen molar-refractivity contribution in [2.75, 3.05) is 6.61 Å². The first-order valence-electron chi connectivity index (χ1n) is 4.96. The maximum Gasteiger partial charge on any atom is 0.421 e. The second-order valence-electron chi connectivity index (χ2n) is 3.66.